The van der Waals surface area contributed by atoms with Crippen molar-refractivity contribution in [3.05, 3.63) is 42.5 Å². The van der Waals surface area contributed by atoms with E-state index in [4.69, 9.17) is 5.73 Å². The molecule has 1 saturated heterocycles. The maximum absolute atomic E-state index is 13.3. The smallest absolute Gasteiger partial charge is 0.395 e. The SMILES string of the molecule is Nc1ncc(-c2ccc3ncc4ncn(C5CCN(CCO)CC5)c4c3n2)cc1C(F)(F)F. The van der Waals surface area contributed by atoms with Crippen molar-refractivity contribution in [2.45, 2.75) is 25.1 Å². The van der Waals surface area contributed by atoms with Crippen LogP contribution in [0.1, 0.15) is 24.4 Å². The molecule has 1 aliphatic rings. The van der Waals surface area contributed by atoms with Gasteiger partial charge in [-0.25, -0.2) is 15.0 Å². The molecule has 4 aromatic heterocycles. The Balaban J connectivity index is 1.58. The average Bonchev–Trinajstić information content (AvgIpc) is 3.24. The number of nitrogen functional groups attached to an aromatic ring is 1. The number of β-amino-alcohol motifs (C(OH)–C–C–N with tert-alkyl or cyclic N) is 1. The van der Waals surface area contributed by atoms with E-state index < -0.39 is 17.6 Å². The highest BCUT2D eigenvalue weighted by Gasteiger charge is 2.34. The summed E-state index contributed by atoms with van der Waals surface area (Å²) in [6.07, 6.45) is 1.93. The van der Waals surface area contributed by atoms with Gasteiger partial charge >= 0.3 is 6.18 Å². The standard InChI is InChI=1S/C22H22F3N7O/c23-22(24,25)15-9-13(10-28-21(15)26)16-1-2-17-19(30-16)20-18(11-27-17)29-12-32(20)14-3-5-31(6-4-14)7-8-33/h1-2,9-12,14,33H,3-8H2,(H2,26,28). The molecule has 1 aliphatic heterocycles. The highest BCUT2D eigenvalue weighted by atomic mass is 19.4. The van der Waals surface area contributed by atoms with Crippen molar-refractivity contribution in [1.29, 1.82) is 0 Å². The summed E-state index contributed by atoms with van der Waals surface area (Å²) in [6.45, 7) is 2.52. The largest absolute Gasteiger partial charge is 0.419 e. The molecule has 0 aliphatic carbocycles. The fraction of sp³-hybridized carbons (Fsp3) is 0.364. The minimum Gasteiger partial charge on any atom is -0.395 e. The average molecular weight is 457 g/mol. The number of rotatable bonds is 4. The number of pyridine rings is 3. The van der Waals surface area contributed by atoms with Crippen LogP contribution in [0.2, 0.25) is 0 Å². The number of likely N-dealkylation sites (tertiary alicyclic amines) is 1. The van der Waals surface area contributed by atoms with Crippen LogP contribution in [-0.2, 0) is 6.18 Å². The Morgan fingerprint density at radius 1 is 1.06 bits per heavy atom. The minimum absolute atomic E-state index is 0.137. The molecule has 0 atom stereocenters. The van der Waals surface area contributed by atoms with E-state index in [-0.39, 0.29) is 18.2 Å². The van der Waals surface area contributed by atoms with Crippen molar-refractivity contribution < 1.29 is 18.3 Å². The van der Waals surface area contributed by atoms with Gasteiger partial charge in [0, 0.05) is 37.4 Å². The molecule has 11 heteroatoms. The summed E-state index contributed by atoms with van der Waals surface area (Å²) in [5, 5.41) is 9.18. The number of nitrogens with zero attached hydrogens (tertiary/aromatic N) is 6. The summed E-state index contributed by atoms with van der Waals surface area (Å²) in [4.78, 5) is 19.5. The predicted molar refractivity (Wildman–Crippen MR) is 117 cm³/mol. The molecule has 172 valence electrons. The van der Waals surface area contributed by atoms with E-state index >= 15 is 0 Å². The summed E-state index contributed by atoms with van der Waals surface area (Å²) < 4.78 is 42.1. The maximum atomic E-state index is 13.3. The third-order valence-electron chi connectivity index (χ3n) is 6.13. The van der Waals surface area contributed by atoms with Gasteiger partial charge in [0.1, 0.15) is 16.9 Å². The summed E-state index contributed by atoms with van der Waals surface area (Å²) in [5.74, 6) is -0.568. The van der Waals surface area contributed by atoms with Crippen molar-refractivity contribution in [2.24, 2.45) is 0 Å². The number of halogens is 3. The van der Waals surface area contributed by atoms with E-state index in [9.17, 15) is 18.3 Å². The molecule has 8 nitrogen and oxygen atoms in total. The van der Waals surface area contributed by atoms with Crippen molar-refractivity contribution in [3.63, 3.8) is 0 Å². The molecule has 33 heavy (non-hydrogen) atoms. The normalized spacial score (nSPS) is 16.1. The van der Waals surface area contributed by atoms with Crippen LogP contribution in [0.4, 0.5) is 19.0 Å². The zero-order valence-corrected chi connectivity index (χ0v) is 17.6. The lowest BCUT2D eigenvalue weighted by atomic mass is 10.0. The molecular formula is C22H22F3N7O. The Labute approximate surface area is 186 Å². The zero-order valence-electron chi connectivity index (χ0n) is 17.6. The van der Waals surface area contributed by atoms with E-state index in [1.54, 1.807) is 24.7 Å². The van der Waals surface area contributed by atoms with Gasteiger partial charge in [-0.15, -0.1) is 0 Å². The van der Waals surface area contributed by atoms with Crippen LogP contribution >= 0.6 is 0 Å². The van der Waals surface area contributed by atoms with Crippen molar-refractivity contribution >= 4 is 27.9 Å². The number of aromatic nitrogens is 5. The quantitative estimate of drug-likeness (QED) is 0.484. The van der Waals surface area contributed by atoms with Crippen LogP contribution in [0.5, 0.6) is 0 Å². The molecule has 5 rings (SSSR count). The van der Waals surface area contributed by atoms with E-state index in [2.05, 4.69) is 29.4 Å². The van der Waals surface area contributed by atoms with Crippen LogP contribution in [0.15, 0.2) is 36.9 Å². The number of piperidine rings is 1. The molecule has 0 bridgehead atoms. The summed E-state index contributed by atoms with van der Waals surface area (Å²) in [7, 11) is 0. The number of fused-ring (bicyclic) bond motifs is 3. The molecule has 0 radical (unpaired) electrons. The number of imidazole rings is 1. The first-order valence-corrected chi connectivity index (χ1v) is 10.6. The molecular weight excluding hydrogens is 435 g/mol. The third-order valence-corrected chi connectivity index (χ3v) is 6.13. The molecule has 0 aromatic carbocycles. The fourth-order valence-corrected chi connectivity index (χ4v) is 4.42. The predicted octanol–water partition coefficient (Wildman–Crippen LogP) is 3.27. The lowest BCUT2D eigenvalue weighted by molar-refractivity contribution is -0.137. The van der Waals surface area contributed by atoms with Crippen molar-refractivity contribution in [3.8, 4) is 11.3 Å². The maximum Gasteiger partial charge on any atom is 0.419 e. The minimum atomic E-state index is -4.61. The van der Waals surface area contributed by atoms with Gasteiger partial charge in [0.25, 0.3) is 0 Å². The van der Waals surface area contributed by atoms with Gasteiger partial charge < -0.3 is 20.3 Å². The van der Waals surface area contributed by atoms with Gasteiger partial charge in [-0.3, -0.25) is 4.98 Å². The molecule has 0 unspecified atom stereocenters. The Morgan fingerprint density at radius 3 is 2.58 bits per heavy atom. The number of anilines is 1. The van der Waals surface area contributed by atoms with Crippen LogP contribution in [0, 0.1) is 0 Å². The van der Waals surface area contributed by atoms with Gasteiger partial charge in [-0.05, 0) is 31.0 Å². The lowest BCUT2D eigenvalue weighted by Gasteiger charge is -2.32. The number of hydrogen-bond donors (Lipinski definition) is 2. The molecule has 5 heterocycles. The molecule has 1 fully saturated rings. The third kappa shape index (κ3) is 3.98. The monoisotopic (exact) mass is 457 g/mol. The van der Waals surface area contributed by atoms with Gasteiger partial charge in [-0.2, -0.15) is 13.2 Å². The second kappa shape index (κ2) is 8.23. The van der Waals surface area contributed by atoms with Gasteiger partial charge in [-0.1, -0.05) is 0 Å². The van der Waals surface area contributed by atoms with Gasteiger partial charge in [0.15, 0.2) is 0 Å². The Hall–Kier alpha value is -3.31. The molecule has 0 saturated carbocycles. The Morgan fingerprint density at radius 2 is 1.85 bits per heavy atom. The second-order valence-corrected chi connectivity index (χ2v) is 8.16. The molecule has 0 spiro atoms. The summed E-state index contributed by atoms with van der Waals surface area (Å²) in [6, 6.07) is 4.54. The Bertz CT molecular complexity index is 1310. The van der Waals surface area contributed by atoms with Gasteiger partial charge in [0.05, 0.1) is 41.4 Å². The van der Waals surface area contributed by atoms with Gasteiger partial charge in [0.2, 0.25) is 0 Å². The van der Waals surface area contributed by atoms with Crippen LogP contribution in [0.3, 0.4) is 0 Å². The summed E-state index contributed by atoms with van der Waals surface area (Å²) in [5.41, 5.74) is 7.71. The van der Waals surface area contributed by atoms with E-state index in [0.29, 0.717) is 28.8 Å². The first-order chi connectivity index (χ1) is 15.8. The first kappa shape index (κ1) is 21.5. The number of hydrogen-bond acceptors (Lipinski definition) is 7. The fourth-order valence-electron chi connectivity index (χ4n) is 4.42. The second-order valence-electron chi connectivity index (χ2n) is 8.16. The lowest BCUT2D eigenvalue weighted by Crippen LogP contribution is -2.36. The van der Waals surface area contributed by atoms with Crippen molar-refractivity contribution in [1.82, 2.24) is 29.4 Å². The molecule has 4 aromatic rings. The van der Waals surface area contributed by atoms with E-state index in [0.717, 1.165) is 37.5 Å². The highest BCUT2D eigenvalue weighted by molar-refractivity contribution is 6.00. The van der Waals surface area contributed by atoms with Crippen molar-refractivity contribution in [2.75, 3.05) is 32.0 Å². The Kier molecular flexibility index (Phi) is 5.37. The van der Waals surface area contributed by atoms with Crippen LogP contribution in [-0.4, -0.2) is 60.8 Å². The molecule has 0 amide bonds. The van der Waals surface area contributed by atoms with E-state index in [1.165, 1.54) is 6.20 Å². The topological polar surface area (TPSA) is 106 Å². The van der Waals surface area contributed by atoms with E-state index in [1.807, 2.05) is 0 Å². The number of aliphatic hydroxyl groups is 1. The number of alkyl halides is 3. The van der Waals surface area contributed by atoms with Crippen LogP contribution in [0.25, 0.3) is 33.3 Å². The number of aliphatic hydroxyl groups excluding tert-OH is 1. The highest BCUT2D eigenvalue weighted by Crippen LogP contribution is 2.35. The molecule has 3 N–H and O–H groups in total. The number of nitrogens with two attached hydrogens (primary N) is 1. The van der Waals surface area contributed by atoms with Crippen LogP contribution < -0.4 is 5.73 Å². The summed E-state index contributed by atoms with van der Waals surface area (Å²) >= 11 is 0. The zero-order chi connectivity index (χ0) is 23.2. The first-order valence-electron chi connectivity index (χ1n) is 10.6.